The maximum absolute atomic E-state index is 12.8. The van der Waals surface area contributed by atoms with E-state index in [-0.39, 0.29) is 17.4 Å². The maximum atomic E-state index is 12.8. The number of benzene rings is 1. The molecule has 0 bridgehead atoms. The molecular weight excluding hydrogens is 404 g/mol. The van der Waals surface area contributed by atoms with Crippen LogP contribution >= 0.6 is 0 Å². The van der Waals surface area contributed by atoms with E-state index < -0.39 is 0 Å². The molecule has 1 aliphatic heterocycles. The van der Waals surface area contributed by atoms with Crippen LogP contribution in [0.5, 0.6) is 5.75 Å². The summed E-state index contributed by atoms with van der Waals surface area (Å²) in [5, 5.41) is 0. The van der Waals surface area contributed by atoms with Crippen LogP contribution in [0.2, 0.25) is 0 Å². The average molecular weight is 433 g/mol. The topological polar surface area (TPSA) is 88.2 Å². The summed E-state index contributed by atoms with van der Waals surface area (Å²) in [4.78, 5) is 38.3. The highest BCUT2D eigenvalue weighted by molar-refractivity contribution is 5.76. The van der Waals surface area contributed by atoms with Crippen molar-refractivity contribution in [2.75, 3.05) is 20.2 Å². The van der Waals surface area contributed by atoms with E-state index in [0.29, 0.717) is 25.3 Å². The highest BCUT2D eigenvalue weighted by atomic mass is 16.5. The predicted octanol–water partition coefficient (Wildman–Crippen LogP) is 3.49. The lowest BCUT2D eigenvalue weighted by Gasteiger charge is -2.17. The first-order valence-corrected chi connectivity index (χ1v) is 11.0. The molecule has 0 spiro atoms. The first kappa shape index (κ1) is 21.7. The van der Waals surface area contributed by atoms with Crippen molar-refractivity contribution in [3.63, 3.8) is 0 Å². The number of rotatable bonds is 7. The van der Waals surface area contributed by atoms with E-state index in [2.05, 4.69) is 27.9 Å². The fraction of sp³-hybridized carbons (Fsp3) is 0.360. The van der Waals surface area contributed by atoms with Gasteiger partial charge in [0.25, 0.3) is 5.56 Å². The van der Waals surface area contributed by atoms with Gasteiger partial charge in [-0.1, -0.05) is 6.07 Å². The van der Waals surface area contributed by atoms with Gasteiger partial charge in [0.05, 0.1) is 12.8 Å². The van der Waals surface area contributed by atoms with Crippen LogP contribution in [-0.4, -0.2) is 46.0 Å². The molecule has 7 nitrogen and oxygen atoms in total. The Bertz CT molecular complexity index is 1140. The molecule has 32 heavy (non-hydrogen) atoms. The zero-order chi connectivity index (χ0) is 22.5. The molecule has 0 unspecified atom stereocenters. The number of amides is 1. The number of likely N-dealkylation sites (tertiary alicyclic amines) is 1. The molecule has 4 rings (SSSR count). The lowest BCUT2D eigenvalue weighted by Crippen LogP contribution is -2.28. The monoisotopic (exact) mass is 432 g/mol. The first-order valence-electron chi connectivity index (χ1n) is 11.0. The normalized spacial score (nSPS) is 15.7. The van der Waals surface area contributed by atoms with E-state index in [4.69, 9.17) is 4.74 Å². The average Bonchev–Trinajstić information content (AvgIpc) is 3.31. The van der Waals surface area contributed by atoms with Gasteiger partial charge in [-0.2, -0.15) is 0 Å². The van der Waals surface area contributed by atoms with Crippen LogP contribution in [0, 0.1) is 6.92 Å². The van der Waals surface area contributed by atoms with Gasteiger partial charge < -0.3 is 14.6 Å². The first-order chi connectivity index (χ1) is 15.5. The highest BCUT2D eigenvalue weighted by Crippen LogP contribution is 2.27. The third-order valence-corrected chi connectivity index (χ3v) is 6.06. The summed E-state index contributed by atoms with van der Waals surface area (Å²) < 4.78 is 5.26. The Morgan fingerprint density at radius 1 is 1.22 bits per heavy atom. The summed E-state index contributed by atoms with van der Waals surface area (Å²) >= 11 is 0. The minimum Gasteiger partial charge on any atom is -0.497 e. The molecule has 0 radical (unpaired) electrons. The standard InChI is InChI=1S/C25H28N4O3/c1-17-14-21(32-2)7-6-18(17)4-3-5-24(31)29-13-10-20(16-29)22-15-23(30)28-25(27-22)19-8-11-26-12-9-19/h6-9,11-12,14-15,20H,3-5,10,13,16H2,1-2H3,(H,27,28,30)/t20-/m1/s1. The van der Waals surface area contributed by atoms with Crippen LogP contribution in [0.4, 0.5) is 0 Å². The second-order valence-electron chi connectivity index (χ2n) is 8.23. The Kier molecular flexibility index (Phi) is 6.63. The minimum atomic E-state index is -0.179. The summed E-state index contributed by atoms with van der Waals surface area (Å²) in [6.45, 7) is 3.37. The maximum Gasteiger partial charge on any atom is 0.251 e. The van der Waals surface area contributed by atoms with Gasteiger partial charge in [0.1, 0.15) is 11.6 Å². The van der Waals surface area contributed by atoms with E-state index in [1.165, 1.54) is 11.1 Å². The predicted molar refractivity (Wildman–Crippen MR) is 123 cm³/mol. The number of methoxy groups -OCH3 is 1. The Labute approximate surface area is 187 Å². The lowest BCUT2D eigenvalue weighted by molar-refractivity contribution is -0.130. The summed E-state index contributed by atoms with van der Waals surface area (Å²) in [6, 6.07) is 11.2. The van der Waals surface area contributed by atoms with Crippen molar-refractivity contribution in [3.8, 4) is 17.1 Å². The summed E-state index contributed by atoms with van der Waals surface area (Å²) in [5.74, 6) is 1.63. The third kappa shape index (κ3) is 5.04. The Morgan fingerprint density at radius 3 is 2.78 bits per heavy atom. The molecular formula is C25H28N4O3. The van der Waals surface area contributed by atoms with Gasteiger partial charge in [0.15, 0.2) is 0 Å². The number of H-pyrrole nitrogens is 1. The largest absolute Gasteiger partial charge is 0.497 e. The van der Waals surface area contributed by atoms with Gasteiger partial charge in [-0.25, -0.2) is 4.98 Å². The number of aryl methyl sites for hydroxylation is 2. The number of hydrogen-bond donors (Lipinski definition) is 1. The second kappa shape index (κ2) is 9.77. The number of nitrogens with one attached hydrogen (secondary N) is 1. The van der Waals surface area contributed by atoms with Gasteiger partial charge in [-0.3, -0.25) is 14.6 Å². The van der Waals surface area contributed by atoms with Crippen LogP contribution < -0.4 is 10.3 Å². The van der Waals surface area contributed by atoms with Crippen molar-refractivity contribution >= 4 is 5.91 Å². The van der Waals surface area contributed by atoms with Crippen LogP contribution in [-0.2, 0) is 11.2 Å². The molecule has 1 saturated heterocycles. The molecule has 166 valence electrons. The van der Waals surface area contributed by atoms with Crippen molar-refractivity contribution in [3.05, 3.63) is 76.0 Å². The zero-order valence-corrected chi connectivity index (χ0v) is 18.5. The Balaban J connectivity index is 1.35. The number of hydrogen-bond acceptors (Lipinski definition) is 5. The van der Waals surface area contributed by atoms with Crippen LogP contribution in [0.15, 0.2) is 53.6 Å². The SMILES string of the molecule is COc1ccc(CCCC(=O)N2CC[C@@H](c3cc(=O)[nH]c(-c4ccncc4)n3)C2)c(C)c1. The molecule has 1 aliphatic rings. The number of carbonyl (C=O) groups is 1. The van der Waals surface area contributed by atoms with Gasteiger partial charge in [-0.05, 0) is 61.6 Å². The number of aromatic nitrogens is 3. The molecule has 2 aromatic heterocycles. The number of carbonyl (C=O) groups excluding carboxylic acids is 1. The molecule has 3 aromatic rings. The molecule has 0 aliphatic carbocycles. The van der Waals surface area contributed by atoms with E-state index in [0.717, 1.165) is 36.3 Å². The quantitative estimate of drug-likeness (QED) is 0.617. The number of pyridine rings is 1. The Hall–Kier alpha value is -3.48. The second-order valence-corrected chi connectivity index (χ2v) is 8.23. The van der Waals surface area contributed by atoms with Crippen molar-refractivity contribution in [2.45, 2.75) is 38.5 Å². The number of ether oxygens (including phenoxy) is 1. The molecule has 1 fully saturated rings. The fourth-order valence-corrected chi connectivity index (χ4v) is 4.22. The zero-order valence-electron chi connectivity index (χ0n) is 18.5. The van der Waals surface area contributed by atoms with Crippen molar-refractivity contribution < 1.29 is 9.53 Å². The Morgan fingerprint density at radius 2 is 2.03 bits per heavy atom. The number of aromatic amines is 1. The van der Waals surface area contributed by atoms with Crippen LogP contribution in [0.1, 0.15) is 42.0 Å². The lowest BCUT2D eigenvalue weighted by atomic mass is 10.0. The summed E-state index contributed by atoms with van der Waals surface area (Å²) in [6.07, 6.45) is 6.35. The summed E-state index contributed by atoms with van der Waals surface area (Å²) in [5.41, 5.74) is 3.81. The molecule has 1 N–H and O–H groups in total. The van der Waals surface area contributed by atoms with E-state index in [1.54, 1.807) is 25.6 Å². The van der Waals surface area contributed by atoms with Gasteiger partial charge >= 0.3 is 0 Å². The van der Waals surface area contributed by atoms with E-state index >= 15 is 0 Å². The fourth-order valence-electron chi connectivity index (χ4n) is 4.22. The highest BCUT2D eigenvalue weighted by Gasteiger charge is 2.28. The van der Waals surface area contributed by atoms with Gasteiger partial charge in [0, 0.05) is 49.5 Å². The minimum absolute atomic E-state index is 0.0747. The van der Waals surface area contributed by atoms with Crippen molar-refractivity contribution in [1.82, 2.24) is 19.9 Å². The molecule has 3 heterocycles. The van der Waals surface area contributed by atoms with Crippen molar-refractivity contribution in [1.29, 1.82) is 0 Å². The molecule has 7 heteroatoms. The number of nitrogens with zero attached hydrogens (tertiary/aromatic N) is 3. The molecule has 1 atom stereocenters. The molecule has 1 amide bonds. The van der Waals surface area contributed by atoms with E-state index in [1.807, 2.05) is 29.2 Å². The van der Waals surface area contributed by atoms with Crippen molar-refractivity contribution in [2.24, 2.45) is 0 Å². The smallest absolute Gasteiger partial charge is 0.251 e. The van der Waals surface area contributed by atoms with Crippen LogP contribution in [0.3, 0.4) is 0 Å². The third-order valence-electron chi connectivity index (χ3n) is 6.06. The summed E-state index contributed by atoms with van der Waals surface area (Å²) in [7, 11) is 1.66. The van der Waals surface area contributed by atoms with E-state index in [9.17, 15) is 9.59 Å². The van der Waals surface area contributed by atoms with Crippen LogP contribution in [0.25, 0.3) is 11.4 Å². The van der Waals surface area contributed by atoms with Gasteiger partial charge in [0.2, 0.25) is 5.91 Å². The van der Waals surface area contributed by atoms with Gasteiger partial charge in [-0.15, -0.1) is 0 Å². The molecule has 1 aromatic carbocycles. The molecule has 0 saturated carbocycles.